The number of nitrogens with one attached hydrogen (secondary N) is 2. The van der Waals surface area contributed by atoms with Crippen molar-refractivity contribution in [2.24, 2.45) is 0 Å². The van der Waals surface area contributed by atoms with Crippen molar-refractivity contribution in [3.05, 3.63) is 30.3 Å². The Bertz CT molecular complexity index is 596. The van der Waals surface area contributed by atoms with Crippen LogP contribution in [0.4, 0.5) is 4.79 Å². The molecule has 2 aliphatic heterocycles. The monoisotopic (exact) mass is 350 g/mol. The molecule has 8 heteroatoms. The molecule has 0 unspecified atom stereocenters. The van der Waals surface area contributed by atoms with Gasteiger partial charge in [-0.3, -0.25) is 4.79 Å². The highest BCUT2D eigenvalue weighted by molar-refractivity contribution is 5.78. The Balaban J connectivity index is 1.45. The Hall–Kier alpha value is -2.32. The fourth-order valence-corrected chi connectivity index (χ4v) is 2.93. The van der Waals surface area contributed by atoms with Gasteiger partial charge in [0, 0.05) is 6.54 Å². The summed E-state index contributed by atoms with van der Waals surface area (Å²) in [6.07, 6.45) is -1.67. The zero-order valence-corrected chi connectivity index (χ0v) is 14.0. The molecule has 2 amide bonds. The third-order valence-corrected chi connectivity index (χ3v) is 4.05. The number of hydrogen-bond donors (Lipinski definition) is 2. The number of hydrogen-bond acceptors (Lipinski definition) is 6. The van der Waals surface area contributed by atoms with Gasteiger partial charge in [0.05, 0.1) is 19.3 Å². The number of rotatable bonds is 6. The molecule has 0 spiro atoms. The minimum atomic E-state index is -0.496. The van der Waals surface area contributed by atoms with E-state index in [-0.39, 0.29) is 37.4 Å². The summed E-state index contributed by atoms with van der Waals surface area (Å²) in [5.41, 5.74) is 0. The van der Waals surface area contributed by atoms with Crippen LogP contribution in [0.3, 0.4) is 0 Å². The molecule has 25 heavy (non-hydrogen) atoms. The van der Waals surface area contributed by atoms with Crippen molar-refractivity contribution in [1.82, 2.24) is 10.6 Å². The van der Waals surface area contributed by atoms with Gasteiger partial charge in [-0.15, -0.1) is 0 Å². The maximum atomic E-state index is 12.1. The van der Waals surface area contributed by atoms with Gasteiger partial charge in [-0.25, -0.2) is 4.79 Å². The average molecular weight is 350 g/mol. The maximum absolute atomic E-state index is 12.1. The lowest BCUT2D eigenvalue weighted by Gasteiger charge is -2.18. The quantitative estimate of drug-likeness (QED) is 0.774. The van der Waals surface area contributed by atoms with Crippen LogP contribution >= 0.6 is 0 Å². The van der Waals surface area contributed by atoms with Gasteiger partial charge < -0.3 is 29.6 Å². The van der Waals surface area contributed by atoms with Gasteiger partial charge in [0.25, 0.3) is 5.91 Å². The highest BCUT2D eigenvalue weighted by atomic mass is 16.6. The van der Waals surface area contributed by atoms with Crippen molar-refractivity contribution in [1.29, 1.82) is 0 Å². The van der Waals surface area contributed by atoms with Gasteiger partial charge in [0.1, 0.15) is 18.0 Å². The minimum Gasteiger partial charge on any atom is -0.484 e. The molecule has 1 aromatic carbocycles. The fraction of sp³-hybridized carbons (Fsp3) is 0.529. The Labute approximate surface area is 145 Å². The minimum absolute atomic E-state index is 0.0866. The van der Waals surface area contributed by atoms with Gasteiger partial charge in [-0.2, -0.15) is 0 Å². The summed E-state index contributed by atoms with van der Waals surface area (Å²) in [6, 6.07) is 8.82. The lowest BCUT2D eigenvalue weighted by Crippen LogP contribution is -2.46. The van der Waals surface area contributed by atoms with E-state index in [0.29, 0.717) is 18.9 Å². The molecule has 0 aliphatic carbocycles. The Kier molecular flexibility index (Phi) is 5.72. The summed E-state index contributed by atoms with van der Waals surface area (Å²) in [6.45, 7) is 2.77. The van der Waals surface area contributed by atoms with Gasteiger partial charge >= 0.3 is 6.09 Å². The number of benzene rings is 1. The van der Waals surface area contributed by atoms with Gasteiger partial charge in [0.2, 0.25) is 0 Å². The predicted octanol–water partition coefficient (Wildman–Crippen LogP) is 0.463. The molecule has 4 atom stereocenters. The van der Waals surface area contributed by atoms with Crippen molar-refractivity contribution in [2.75, 3.05) is 26.4 Å². The largest absolute Gasteiger partial charge is 0.484 e. The molecular formula is C17H22N2O6. The van der Waals surface area contributed by atoms with E-state index in [4.69, 9.17) is 18.9 Å². The van der Waals surface area contributed by atoms with Crippen molar-refractivity contribution < 1.29 is 28.5 Å². The molecule has 2 saturated heterocycles. The molecule has 8 nitrogen and oxygen atoms in total. The molecule has 1 aromatic rings. The van der Waals surface area contributed by atoms with Crippen LogP contribution < -0.4 is 15.4 Å². The third-order valence-electron chi connectivity index (χ3n) is 4.05. The normalized spacial score (nSPS) is 27.4. The van der Waals surface area contributed by atoms with Crippen molar-refractivity contribution >= 4 is 12.0 Å². The van der Waals surface area contributed by atoms with E-state index in [9.17, 15) is 9.59 Å². The molecule has 136 valence electrons. The lowest BCUT2D eigenvalue weighted by atomic mass is 10.1. The maximum Gasteiger partial charge on any atom is 0.407 e. The lowest BCUT2D eigenvalue weighted by molar-refractivity contribution is -0.124. The fourth-order valence-electron chi connectivity index (χ4n) is 2.93. The Morgan fingerprint density at radius 3 is 2.68 bits per heavy atom. The first-order chi connectivity index (χ1) is 12.2. The highest BCUT2D eigenvalue weighted by Crippen LogP contribution is 2.29. The first-order valence-corrected chi connectivity index (χ1v) is 8.32. The van der Waals surface area contributed by atoms with E-state index in [1.165, 1.54) is 0 Å². The molecular weight excluding hydrogens is 328 g/mol. The summed E-state index contributed by atoms with van der Waals surface area (Å²) in [5.74, 6) is 0.375. The molecule has 2 aliphatic rings. The van der Waals surface area contributed by atoms with Crippen LogP contribution in [0.2, 0.25) is 0 Å². The molecule has 0 aromatic heterocycles. The number of amides is 2. The number of alkyl carbamates (subject to hydrolysis) is 1. The SMILES string of the molecule is CCNC(=O)O[C@@H]1CO[C@H]2[C@@H]1OC[C@@H]2NC(=O)COc1ccccc1. The molecule has 2 N–H and O–H groups in total. The topological polar surface area (TPSA) is 95.1 Å². The number of ether oxygens (including phenoxy) is 4. The smallest absolute Gasteiger partial charge is 0.407 e. The molecule has 3 rings (SSSR count). The highest BCUT2D eigenvalue weighted by Gasteiger charge is 2.49. The van der Waals surface area contributed by atoms with Crippen LogP contribution in [0.5, 0.6) is 5.75 Å². The Morgan fingerprint density at radius 1 is 1.16 bits per heavy atom. The van der Waals surface area contributed by atoms with Gasteiger partial charge in [-0.05, 0) is 19.1 Å². The molecule has 0 saturated carbocycles. The number of carbonyl (C=O) groups is 2. The van der Waals surface area contributed by atoms with E-state index >= 15 is 0 Å². The van der Waals surface area contributed by atoms with Crippen LogP contribution in [0.1, 0.15) is 6.92 Å². The van der Waals surface area contributed by atoms with Gasteiger partial charge in [0.15, 0.2) is 12.7 Å². The summed E-state index contributed by atoms with van der Waals surface area (Å²) >= 11 is 0. The first-order valence-electron chi connectivity index (χ1n) is 8.32. The summed E-state index contributed by atoms with van der Waals surface area (Å²) in [5, 5.41) is 5.42. The number of para-hydroxylation sites is 1. The van der Waals surface area contributed by atoms with Crippen LogP contribution in [0, 0.1) is 0 Å². The molecule has 2 heterocycles. The molecule has 2 fully saturated rings. The van der Waals surface area contributed by atoms with Crippen LogP contribution in [0.25, 0.3) is 0 Å². The van der Waals surface area contributed by atoms with E-state index < -0.39 is 12.2 Å². The van der Waals surface area contributed by atoms with Crippen molar-refractivity contribution in [2.45, 2.75) is 31.3 Å². The summed E-state index contributed by atoms with van der Waals surface area (Å²) in [4.78, 5) is 23.6. The van der Waals surface area contributed by atoms with Crippen LogP contribution in [-0.2, 0) is 19.0 Å². The molecule has 0 bridgehead atoms. The van der Waals surface area contributed by atoms with Crippen LogP contribution in [-0.4, -0.2) is 62.7 Å². The standard InChI is InChI=1S/C17H22N2O6/c1-2-18-17(21)25-13-9-24-15-12(8-23-16(13)15)19-14(20)10-22-11-6-4-3-5-7-11/h3-7,12-13,15-16H,2,8-10H2,1H3,(H,18,21)(H,19,20)/t12-,13+,15+,16+/m0/s1. The van der Waals surface area contributed by atoms with Crippen molar-refractivity contribution in [3.63, 3.8) is 0 Å². The predicted molar refractivity (Wildman–Crippen MR) is 87.3 cm³/mol. The summed E-state index contributed by atoms with van der Waals surface area (Å²) in [7, 11) is 0. The zero-order chi connectivity index (χ0) is 17.6. The molecule has 0 radical (unpaired) electrons. The number of fused-ring (bicyclic) bond motifs is 1. The van der Waals surface area contributed by atoms with Crippen LogP contribution in [0.15, 0.2) is 30.3 Å². The second-order valence-corrected chi connectivity index (χ2v) is 5.85. The van der Waals surface area contributed by atoms with Crippen molar-refractivity contribution in [3.8, 4) is 5.75 Å². The average Bonchev–Trinajstić information content (AvgIpc) is 3.18. The van der Waals surface area contributed by atoms with E-state index in [1.807, 2.05) is 25.1 Å². The van der Waals surface area contributed by atoms with E-state index in [2.05, 4.69) is 10.6 Å². The number of carbonyl (C=O) groups excluding carboxylic acids is 2. The third kappa shape index (κ3) is 4.40. The Morgan fingerprint density at radius 2 is 1.92 bits per heavy atom. The zero-order valence-electron chi connectivity index (χ0n) is 14.0. The summed E-state index contributed by atoms with van der Waals surface area (Å²) < 4.78 is 22.0. The first kappa shape index (κ1) is 17.5. The second kappa shape index (κ2) is 8.17. The van der Waals surface area contributed by atoms with Gasteiger partial charge in [-0.1, -0.05) is 18.2 Å². The second-order valence-electron chi connectivity index (χ2n) is 5.85. The van der Waals surface area contributed by atoms with E-state index in [1.54, 1.807) is 12.1 Å². The van der Waals surface area contributed by atoms with E-state index in [0.717, 1.165) is 0 Å².